The van der Waals surface area contributed by atoms with Gasteiger partial charge in [0.25, 0.3) is 5.91 Å². The molecule has 28 heavy (non-hydrogen) atoms. The Kier molecular flexibility index (Phi) is 5.71. The second-order valence-corrected chi connectivity index (χ2v) is 7.96. The summed E-state index contributed by atoms with van der Waals surface area (Å²) in [5, 5.41) is 3.95. The lowest BCUT2D eigenvalue weighted by Crippen LogP contribution is -2.30. The molecule has 0 spiro atoms. The molecule has 1 aliphatic rings. The summed E-state index contributed by atoms with van der Waals surface area (Å²) in [6.07, 6.45) is 4.76. The molecule has 1 aromatic carbocycles. The van der Waals surface area contributed by atoms with Gasteiger partial charge in [-0.3, -0.25) is 4.79 Å². The number of imidazole rings is 1. The van der Waals surface area contributed by atoms with Gasteiger partial charge >= 0.3 is 0 Å². The predicted molar refractivity (Wildman–Crippen MR) is 111 cm³/mol. The summed E-state index contributed by atoms with van der Waals surface area (Å²) in [6.45, 7) is 2.66. The van der Waals surface area contributed by atoms with Gasteiger partial charge in [0, 0.05) is 44.8 Å². The van der Waals surface area contributed by atoms with E-state index in [1.54, 1.807) is 24.0 Å². The van der Waals surface area contributed by atoms with Crippen LogP contribution >= 0.6 is 11.8 Å². The Labute approximate surface area is 168 Å². The number of carbonyl (C=O) groups excluding carboxylic acids is 1. The van der Waals surface area contributed by atoms with Gasteiger partial charge in [-0.15, -0.1) is 0 Å². The molecule has 4 rings (SSSR count). The van der Waals surface area contributed by atoms with E-state index in [4.69, 9.17) is 4.42 Å². The van der Waals surface area contributed by atoms with Crippen LogP contribution in [0.25, 0.3) is 0 Å². The van der Waals surface area contributed by atoms with Gasteiger partial charge < -0.3 is 19.2 Å². The van der Waals surface area contributed by atoms with Crippen LogP contribution in [0.15, 0.2) is 64.4 Å². The average molecular weight is 397 g/mol. The SMILES string of the molecule is Cn1ccnc1SCc1ccc(C(=O)NCC2CCN(c3ccccc3)C2)o1. The summed E-state index contributed by atoms with van der Waals surface area (Å²) >= 11 is 1.58. The molecule has 1 N–H and O–H groups in total. The third-order valence-electron chi connectivity index (χ3n) is 4.96. The van der Waals surface area contributed by atoms with Crippen LogP contribution in [0.2, 0.25) is 0 Å². The quantitative estimate of drug-likeness (QED) is 0.619. The van der Waals surface area contributed by atoms with Gasteiger partial charge in [-0.2, -0.15) is 0 Å². The number of benzene rings is 1. The third-order valence-corrected chi connectivity index (χ3v) is 6.04. The molecule has 6 nitrogen and oxygen atoms in total. The van der Waals surface area contributed by atoms with Crippen molar-refractivity contribution in [3.63, 3.8) is 0 Å². The number of hydrogen-bond acceptors (Lipinski definition) is 5. The zero-order valence-electron chi connectivity index (χ0n) is 15.9. The van der Waals surface area contributed by atoms with Gasteiger partial charge in [0.15, 0.2) is 10.9 Å². The maximum absolute atomic E-state index is 12.4. The minimum absolute atomic E-state index is 0.147. The molecule has 1 atom stereocenters. The number of furan rings is 1. The number of para-hydroxylation sites is 1. The van der Waals surface area contributed by atoms with E-state index in [-0.39, 0.29) is 5.91 Å². The van der Waals surface area contributed by atoms with Crippen LogP contribution in [0.3, 0.4) is 0 Å². The van der Waals surface area contributed by atoms with Gasteiger partial charge in [-0.1, -0.05) is 30.0 Å². The van der Waals surface area contributed by atoms with Crippen molar-refractivity contribution in [3.8, 4) is 0 Å². The first kappa shape index (κ1) is 18.7. The van der Waals surface area contributed by atoms with Crippen molar-refractivity contribution in [2.75, 3.05) is 24.5 Å². The second-order valence-electron chi connectivity index (χ2n) is 7.02. The average Bonchev–Trinajstić information content (AvgIpc) is 3.46. The van der Waals surface area contributed by atoms with Crippen molar-refractivity contribution < 1.29 is 9.21 Å². The van der Waals surface area contributed by atoms with Crippen LogP contribution in [0.1, 0.15) is 22.7 Å². The standard InChI is InChI=1S/C21H24N4O2S/c1-24-12-10-22-21(24)28-15-18-7-8-19(27-18)20(26)23-13-16-9-11-25(14-16)17-5-3-2-4-6-17/h2-8,10,12,16H,9,11,13-15H2,1H3,(H,23,26). The number of nitrogens with zero attached hydrogens (tertiary/aromatic N) is 3. The molecule has 1 amide bonds. The van der Waals surface area contributed by atoms with Crippen LogP contribution in [0, 0.1) is 5.92 Å². The number of carbonyl (C=O) groups is 1. The summed E-state index contributed by atoms with van der Waals surface area (Å²) in [5.41, 5.74) is 1.25. The Hall–Kier alpha value is -2.67. The molecule has 1 fully saturated rings. The van der Waals surface area contributed by atoms with Gasteiger partial charge in [-0.25, -0.2) is 4.98 Å². The zero-order valence-corrected chi connectivity index (χ0v) is 16.7. The lowest BCUT2D eigenvalue weighted by atomic mass is 10.1. The maximum Gasteiger partial charge on any atom is 0.287 e. The molecule has 3 heterocycles. The van der Waals surface area contributed by atoms with E-state index in [2.05, 4.69) is 39.5 Å². The van der Waals surface area contributed by atoms with Crippen LogP contribution in [0.5, 0.6) is 0 Å². The van der Waals surface area contributed by atoms with Crippen LogP contribution in [-0.4, -0.2) is 35.1 Å². The third kappa shape index (κ3) is 4.42. The van der Waals surface area contributed by atoms with E-state index < -0.39 is 0 Å². The Morgan fingerprint density at radius 3 is 2.93 bits per heavy atom. The molecule has 0 radical (unpaired) electrons. The number of amides is 1. The highest BCUT2D eigenvalue weighted by atomic mass is 32.2. The number of thioether (sulfide) groups is 1. The fourth-order valence-electron chi connectivity index (χ4n) is 3.40. The number of aromatic nitrogens is 2. The van der Waals surface area contributed by atoms with Crippen molar-refractivity contribution in [3.05, 3.63) is 66.4 Å². The van der Waals surface area contributed by atoms with E-state index in [0.29, 0.717) is 24.0 Å². The molecule has 0 aliphatic carbocycles. The fourth-order valence-corrected chi connectivity index (χ4v) is 4.23. The van der Waals surface area contributed by atoms with Gasteiger partial charge in [0.1, 0.15) is 5.76 Å². The Bertz CT molecular complexity index is 921. The number of nitrogens with one attached hydrogen (secondary N) is 1. The summed E-state index contributed by atoms with van der Waals surface area (Å²) in [7, 11) is 1.96. The van der Waals surface area contributed by atoms with Crippen molar-refractivity contribution in [1.82, 2.24) is 14.9 Å². The van der Waals surface area contributed by atoms with Gasteiger partial charge in [0.05, 0.1) is 5.75 Å². The highest BCUT2D eigenvalue weighted by Crippen LogP contribution is 2.24. The highest BCUT2D eigenvalue weighted by molar-refractivity contribution is 7.98. The topological polar surface area (TPSA) is 63.3 Å². The van der Waals surface area contributed by atoms with E-state index in [1.807, 2.05) is 29.9 Å². The fraction of sp³-hybridized carbons (Fsp3) is 0.333. The first-order valence-corrected chi connectivity index (χ1v) is 10.4. The first-order valence-electron chi connectivity index (χ1n) is 9.46. The molecule has 1 unspecified atom stereocenters. The minimum Gasteiger partial charge on any atom is -0.455 e. The lowest BCUT2D eigenvalue weighted by molar-refractivity contribution is 0.0919. The van der Waals surface area contributed by atoms with Crippen LogP contribution < -0.4 is 10.2 Å². The van der Waals surface area contributed by atoms with Crippen LogP contribution in [-0.2, 0) is 12.8 Å². The molecule has 0 bridgehead atoms. The Morgan fingerprint density at radius 2 is 2.14 bits per heavy atom. The van der Waals surface area contributed by atoms with Crippen molar-refractivity contribution in [1.29, 1.82) is 0 Å². The maximum atomic E-state index is 12.4. The van der Waals surface area contributed by atoms with Crippen molar-refractivity contribution in [2.24, 2.45) is 13.0 Å². The predicted octanol–water partition coefficient (Wildman–Crippen LogP) is 3.56. The van der Waals surface area contributed by atoms with Gasteiger partial charge in [-0.05, 0) is 36.6 Å². The zero-order chi connectivity index (χ0) is 19.3. The lowest BCUT2D eigenvalue weighted by Gasteiger charge is -2.18. The molecule has 0 saturated carbocycles. The van der Waals surface area contributed by atoms with E-state index in [9.17, 15) is 4.79 Å². The summed E-state index contributed by atoms with van der Waals surface area (Å²) in [4.78, 5) is 19.1. The normalized spacial score (nSPS) is 16.5. The molecular formula is C21H24N4O2S. The molecule has 3 aromatic rings. The minimum atomic E-state index is -0.147. The number of hydrogen-bond donors (Lipinski definition) is 1. The molecule has 1 aliphatic heterocycles. The smallest absolute Gasteiger partial charge is 0.287 e. The summed E-state index contributed by atoms with van der Waals surface area (Å²) in [6, 6.07) is 14.0. The monoisotopic (exact) mass is 396 g/mol. The van der Waals surface area contributed by atoms with E-state index in [1.165, 1.54) is 5.69 Å². The van der Waals surface area contributed by atoms with Crippen molar-refractivity contribution >= 4 is 23.4 Å². The number of anilines is 1. The van der Waals surface area contributed by atoms with Crippen molar-refractivity contribution in [2.45, 2.75) is 17.3 Å². The molecule has 146 valence electrons. The molecule has 7 heteroatoms. The second kappa shape index (κ2) is 8.56. The molecule has 2 aromatic heterocycles. The van der Waals surface area contributed by atoms with Gasteiger partial charge in [0.2, 0.25) is 0 Å². The molecular weight excluding hydrogens is 372 g/mol. The number of rotatable bonds is 7. The highest BCUT2D eigenvalue weighted by Gasteiger charge is 2.23. The summed E-state index contributed by atoms with van der Waals surface area (Å²) in [5.74, 6) is 2.10. The Morgan fingerprint density at radius 1 is 1.29 bits per heavy atom. The molecule has 1 saturated heterocycles. The van der Waals surface area contributed by atoms with E-state index in [0.717, 1.165) is 30.4 Å². The van der Waals surface area contributed by atoms with Crippen LogP contribution in [0.4, 0.5) is 5.69 Å². The largest absolute Gasteiger partial charge is 0.455 e. The van der Waals surface area contributed by atoms with E-state index >= 15 is 0 Å². The number of aryl methyl sites for hydroxylation is 1. The summed E-state index contributed by atoms with van der Waals surface area (Å²) < 4.78 is 7.67. The first-order chi connectivity index (χ1) is 13.7. The Balaban J connectivity index is 1.24.